The van der Waals surface area contributed by atoms with Gasteiger partial charge in [-0.2, -0.15) is 0 Å². The van der Waals surface area contributed by atoms with E-state index in [9.17, 15) is 0 Å². The topological polar surface area (TPSA) is 30.9 Å². The van der Waals surface area contributed by atoms with Gasteiger partial charge in [-0.3, -0.25) is 4.90 Å². The quantitative estimate of drug-likeness (QED) is 0.815. The van der Waals surface area contributed by atoms with Crippen LogP contribution in [0.25, 0.3) is 0 Å². The van der Waals surface area contributed by atoms with E-state index in [0.717, 1.165) is 71.7 Å². The van der Waals surface area contributed by atoms with Gasteiger partial charge in [0.25, 0.3) is 0 Å². The van der Waals surface area contributed by atoms with Crippen LogP contribution in [0.5, 0.6) is 0 Å². The van der Waals surface area contributed by atoms with Crippen LogP contribution in [0.15, 0.2) is 11.4 Å². The Morgan fingerprint density at radius 3 is 2.83 bits per heavy atom. The Balaban J connectivity index is 1.23. The molecule has 1 aromatic heterocycles. The first-order valence-corrected chi connectivity index (χ1v) is 10.2. The van der Waals surface area contributed by atoms with Gasteiger partial charge >= 0.3 is 0 Å². The number of aryl methyl sites for hydroxylation is 1. The molecule has 1 aromatic rings. The van der Waals surface area contributed by atoms with E-state index in [1.807, 2.05) is 11.3 Å². The molecule has 4 heterocycles. The van der Waals surface area contributed by atoms with E-state index in [2.05, 4.69) is 23.3 Å². The predicted octanol–water partition coefficient (Wildman–Crippen LogP) is 3.23. The summed E-state index contributed by atoms with van der Waals surface area (Å²) in [5.74, 6) is 0.692. The maximum absolute atomic E-state index is 6.26. The standard InChI is InChI=1S/C19H29NO3S/c1-15-5-9-24-18(15)11-20-13-19(14-20)10-17(4-8-23-19)22-12-16-2-6-21-7-3-16/h5,9,16-17H,2-4,6-8,10-14H2,1H3. The first-order chi connectivity index (χ1) is 11.7. The molecule has 3 aliphatic heterocycles. The molecule has 134 valence electrons. The van der Waals surface area contributed by atoms with Gasteiger partial charge in [0.2, 0.25) is 0 Å². The molecule has 0 amide bonds. The SMILES string of the molecule is Cc1ccsc1CN1CC2(CC(OCC3CCOCC3)CCO2)C1. The van der Waals surface area contributed by atoms with Gasteiger partial charge < -0.3 is 14.2 Å². The molecule has 3 aliphatic rings. The molecule has 24 heavy (non-hydrogen) atoms. The van der Waals surface area contributed by atoms with Gasteiger partial charge in [-0.25, -0.2) is 0 Å². The van der Waals surface area contributed by atoms with Crippen molar-refractivity contribution in [2.75, 3.05) is 39.5 Å². The van der Waals surface area contributed by atoms with Crippen molar-refractivity contribution < 1.29 is 14.2 Å². The van der Waals surface area contributed by atoms with Crippen molar-refractivity contribution in [1.29, 1.82) is 0 Å². The molecule has 3 fully saturated rings. The second-order valence-corrected chi connectivity index (χ2v) is 8.71. The number of thiophene rings is 1. The highest BCUT2D eigenvalue weighted by atomic mass is 32.1. The van der Waals surface area contributed by atoms with Crippen LogP contribution >= 0.6 is 11.3 Å². The minimum Gasteiger partial charge on any atom is -0.381 e. The average Bonchev–Trinajstić information content (AvgIpc) is 2.98. The maximum Gasteiger partial charge on any atom is 0.0959 e. The van der Waals surface area contributed by atoms with Gasteiger partial charge in [-0.1, -0.05) is 0 Å². The van der Waals surface area contributed by atoms with Crippen molar-refractivity contribution in [3.05, 3.63) is 21.9 Å². The number of nitrogens with zero attached hydrogens (tertiary/aromatic N) is 1. The minimum atomic E-state index is 0.0593. The largest absolute Gasteiger partial charge is 0.381 e. The molecular formula is C19H29NO3S. The number of ether oxygens (including phenoxy) is 3. The summed E-state index contributed by atoms with van der Waals surface area (Å²) >= 11 is 1.87. The normalized spacial score (nSPS) is 28.1. The summed E-state index contributed by atoms with van der Waals surface area (Å²) in [5, 5.41) is 2.19. The number of hydrogen-bond donors (Lipinski definition) is 0. The van der Waals surface area contributed by atoms with Gasteiger partial charge in [-0.15, -0.1) is 11.3 Å². The lowest BCUT2D eigenvalue weighted by Crippen LogP contribution is -2.65. The van der Waals surface area contributed by atoms with Gasteiger partial charge in [0.15, 0.2) is 0 Å². The minimum absolute atomic E-state index is 0.0593. The monoisotopic (exact) mass is 351 g/mol. The lowest BCUT2D eigenvalue weighted by atomic mass is 9.84. The Hall–Kier alpha value is -0.460. The molecule has 4 rings (SSSR count). The highest BCUT2D eigenvalue weighted by molar-refractivity contribution is 7.10. The fraction of sp³-hybridized carbons (Fsp3) is 0.789. The van der Waals surface area contributed by atoms with Crippen molar-refractivity contribution in [3.8, 4) is 0 Å². The van der Waals surface area contributed by atoms with Crippen molar-refractivity contribution in [1.82, 2.24) is 4.90 Å². The van der Waals surface area contributed by atoms with Crippen LogP contribution < -0.4 is 0 Å². The van der Waals surface area contributed by atoms with Gasteiger partial charge in [-0.05, 0) is 49.1 Å². The molecule has 0 saturated carbocycles. The molecule has 1 atom stereocenters. The molecule has 1 spiro atoms. The van der Waals surface area contributed by atoms with E-state index in [0.29, 0.717) is 12.0 Å². The predicted molar refractivity (Wildman–Crippen MR) is 95.5 cm³/mol. The Morgan fingerprint density at radius 2 is 2.08 bits per heavy atom. The molecule has 0 aromatic carbocycles. The molecule has 0 radical (unpaired) electrons. The first kappa shape index (κ1) is 17.0. The fourth-order valence-electron chi connectivity index (χ4n) is 4.18. The molecule has 4 nitrogen and oxygen atoms in total. The van der Waals surface area contributed by atoms with Crippen LogP contribution in [0.3, 0.4) is 0 Å². The third-order valence-corrected chi connectivity index (χ3v) is 6.72. The molecule has 1 unspecified atom stereocenters. The first-order valence-electron chi connectivity index (χ1n) is 9.31. The Morgan fingerprint density at radius 1 is 1.25 bits per heavy atom. The fourth-order valence-corrected chi connectivity index (χ4v) is 5.13. The van der Waals surface area contributed by atoms with Crippen LogP contribution in [0, 0.1) is 12.8 Å². The van der Waals surface area contributed by atoms with E-state index in [1.54, 1.807) is 0 Å². The highest BCUT2D eigenvalue weighted by Crippen LogP contribution is 2.37. The van der Waals surface area contributed by atoms with Gasteiger partial charge in [0.1, 0.15) is 0 Å². The molecule has 3 saturated heterocycles. The van der Waals surface area contributed by atoms with Crippen LogP contribution in [0.4, 0.5) is 0 Å². The van der Waals surface area contributed by atoms with E-state index in [-0.39, 0.29) is 5.60 Å². The van der Waals surface area contributed by atoms with Gasteiger partial charge in [0.05, 0.1) is 11.7 Å². The summed E-state index contributed by atoms with van der Waals surface area (Å²) in [6.07, 6.45) is 4.81. The summed E-state index contributed by atoms with van der Waals surface area (Å²) in [6, 6.07) is 2.22. The Labute approximate surface area is 149 Å². The molecular weight excluding hydrogens is 322 g/mol. The second-order valence-electron chi connectivity index (χ2n) is 7.71. The molecule has 0 N–H and O–H groups in total. The summed E-state index contributed by atoms with van der Waals surface area (Å²) in [4.78, 5) is 4.01. The zero-order chi connectivity index (χ0) is 16.4. The Bertz CT molecular complexity index is 534. The zero-order valence-corrected chi connectivity index (χ0v) is 15.5. The Kier molecular flexibility index (Phi) is 5.25. The zero-order valence-electron chi connectivity index (χ0n) is 14.7. The average molecular weight is 352 g/mol. The van der Waals surface area contributed by atoms with Crippen molar-refractivity contribution in [2.45, 2.75) is 50.9 Å². The molecule has 5 heteroatoms. The lowest BCUT2D eigenvalue weighted by Gasteiger charge is -2.53. The van der Waals surface area contributed by atoms with Crippen LogP contribution in [-0.2, 0) is 20.8 Å². The van der Waals surface area contributed by atoms with Gasteiger partial charge in [0, 0.05) is 57.4 Å². The van der Waals surface area contributed by atoms with Crippen molar-refractivity contribution >= 4 is 11.3 Å². The number of likely N-dealkylation sites (tertiary alicyclic amines) is 1. The molecule has 0 bridgehead atoms. The van der Waals surface area contributed by atoms with Crippen molar-refractivity contribution in [2.24, 2.45) is 5.92 Å². The van der Waals surface area contributed by atoms with E-state index < -0.39 is 0 Å². The molecule has 0 aliphatic carbocycles. The highest BCUT2D eigenvalue weighted by Gasteiger charge is 2.47. The van der Waals surface area contributed by atoms with Crippen LogP contribution in [-0.4, -0.2) is 56.1 Å². The number of rotatable bonds is 5. The lowest BCUT2D eigenvalue weighted by molar-refractivity contribution is -0.201. The summed E-state index contributed by atoms with van der Waals surface area (Å²) < 4.78 is 17.9. The van der Waals surface area contributed by atoms with E-state index >= 15 is 0 Å². The maximum atomic E-state index is 6.26. The van der Waals surface area contributed by atoms with Crippen molar-refractivity contribution in [3.63, 3.8) is 0 Å². The van der Waals surface area contributed by atoms with E-state index in [1.165, 1.54) is 10.4 Å². The summed E-state index contributed by atoms with van der Waals surface area (Å²) in [7, 11) is 0. The number of hydrogen-bond acceptors (Lipinski definition) is 5. The van der Waals surface area contributed by atoms with Crippen LogP contribution in [0.1, 0.15) is 36.1 Å². The van der Waals surface area contributed by atoms with Crippen LogP contribution in [0.2, 0.25) is 0 Å². The third-order valence-electron chi connectivity index (χ3n) is 5.72. The second kappa shape index (κ2) is 7.42. The smallest absolute Gasteiger partial charge is 0.0959 e. The summed E-state index contributed by atoms with van der Waals surface area (Å²) in [5.41, 5.74) is 1.48. The third kappa shape index (κ3) is 3.86. The summed E-state index contributed by atoms with van der Waals surface area (Å²) in [6.45, 7) is 8.96. The van der Waals surface area contributed by atoms with E-state index in [4.69, 9.17) is 14.2 Å².